The molecule has 1 unspecified atom stereocenters. The van der Waals surface area contributed by atoms with Gasteiger partial charge in [0.25, 0.3) is 0 Å². The summed E-state index contributed by atoms with van der Waals surface area (Å²) < 4.78 is 28.5. The molecule has 4 rings (SSSR count). The van der Waals surface area contributed by atoms with E-state index in [1.165, 1.54) is 6.07 Å². The van der Waals surface area contributed by atoms with E-state index < -0.39 is 28.6 Å². The van der Waals surface area contributed by atoms with Gasteiger partial charge in [0.15, 0.2) is 0 Å². The van der Waals surface area contributed by atoms with Crippen molar-refractivity contribution in [2.45, 2.75) is 49.1 Å². The second-order valence-electron chi connectivity index (χ2n) is 9.97. The van der Waals surface area contributed by atoms with Gasteiger partial charge in [0.1, 0.15) is 12.4 Å². The number of sulfonamides is 1. The molecule has 2 fully saturated rings. The number of carbonyl (C=O) groups excluding carboxylic acids is 2. The van der Waals surface area contributed by atoms with Crippen LogP contribution >= 0.6 is 0 Å². The minimum Gasteiger partial charge on any atom is -0.394 e. The molecule has 5 N–H and O–H groups in total. The molecule has 0 spiro atoms. The SMILES string of the molecule is NN=CN1CCCC(CC(=O)NC[C@@H]2CCCN2C(=O)[C@H](CO)NS(=O)(=O)c2ccc3ccccc3c2)C1. The zero-order valence-electron chi connectivity index (χ0n) is 21.3. The number of aliphatic hydroxyl groups excluding tert-OH is 1. The highest BCUT2D eigenvalue weighted by atomic mass is 32.2. The Bertz CT molecular complexity index is 1270. The summed E-state index contributed by atoms with van der Waals surface area (Å²) in [4.78, 5) is 29.5. The molecular formula is C26H36N6O5S. The molecule has 2 saturated heterocycles. The molecule has 2 aliphatic rings. The first kappa shape index (κ1) is 27.8. The lowest BCUT2D eigenvalue weighted by Gasteiger charge is -2.31. The molecule has 0 saturated carbocycles. The van der Waals surface area contributed by atoms with E-state index in [2.05, 4.69) is 15.1 Å². The summed E-state index contributed by atoms with van der Waals surface area (Å²) in [5.74, 6) is 4.85. The monoisotopic (exact) mass is 544 g/mol. The molecule has 206 valence electrons. The largest absolute Gasteiger partial charge is 0.394 e. The van der Waals surface area contributed by atoms with E-state index in [0.717, 1.165) is 43.1 Å². The summed E-state index contributed by atoms with van der Waals surface area (Å²) in [6.45, 7) is 1.63. The molecule has 3 atom stereocenters. The van der Waals surface area contributed by atoms with Gasteiger partial charge in [-0.3, -0.25) is 9.59 Å². The van der Waals surface area contributed by atoms with Crippen molar-refractivity contribution >= 4 is 38.9 Å². The number of hydrogen-bond donors (Lipinski definition) is 4. The third kappa shape index (κ3) is 6.80. The van der Waals surface area contributed by atoms with Crippen LogP contribution in [0.25, 0.3) is 10.8 Å². The van der Waals surface area contributed by atoms with Gasteiger partial charge in [0.05, 0.1) is 11.5 Å². The highest BCUT2D eigenvalue weighted by molar-refractivity contribution is 7.89. The van der Waals surface area contributed by atoms with Crippen molar-refractivity contribution in [1.29, 1.82) is 0 Å². The Morgan fingerprint density at radius 1 is 1.13 bits per heavy atom. The summed E-state index contributed by atoms with van der Waals surface area (Å²) in [5, 5.41) is 18.1. The van der Waals surface area contributed by atoms with Crippen LogP contribution in [0.1, 0.15) is 32.1 Å². The fourth-order valence-electron chi connectivity index (χ4n) is 5.32. The Labute approximate surface area is 223 Å². The molecule has 11 nitrogen and oxygen atoms in total. The highest BCUT2D eigenvalue weighted by Gasteiger charge is 2.35. The Kier molecular flexibility index (Phi) is 9.18. The Hall–Kier alpha value is -3.22. The van der Waals surface area contributed by atoms with Crippen LogP contribution in [-0.4, -0.2) is 86.3 Å². The summed E-state index contributed by atoms with van der Waals surface area (Å²) in [5.41, 5.74) is 0. The standard InChI is InChI=1S/C26H36N6O5S/c27-29-18-31-11-3-5-19(16-31)13-25(34)28-15-22-8-4-12-32(22)26(35)24(17-33)30-38(36,37)23-10-9-20-6-1-2-7-21(20)14-23/h1-2,6-7,9-10,14,18-19,22,24,30,33H,3-5,8,11-13,15-17,27H2,(H,28,34)/t19?,22-,24-/m0/s1. The molecule has 0 radical (unpaired) electrons. The minimum absolute atomic E-state index is 0.0201. The molecule has 12 heteroatoms. The van der Waals surface area contributed by atoms with Gasteiger partial charge in [0.2, 0.25) is 21.8 Å². The average molecular weight is 545 g/mol. The third-order valence-electron chi connectivity index (χ3n) is 7.26. The molecule has 0 aromatic heterocycles. The molecule has 2 aromatic rings. The Morgan fingerprint density at radius 3 is 2.66 bits per heavy atom. The van der Waals surface area contributed by atoms with Crippen molar-refractivity contribution in [3.8, 4) is 0 Å². The van der Waals surface area contributed by atoms with Gasteiger partial charge in [-0.05, 0) is 54.5 Å². The van der Waals surface area contributed by atoms with Crippen LogP contribution in [0.4, 0.5) is 0 Å². The Morgan fingerprint density at radius 2 is 1.89 bits per heavy atom. The molecule has 2 heterocycles. The maximum Gasteiger partial charge on any atom is 0.243 e. The first-order valence-corrected chi connectivity index (χ1v) is 14.5. The summed E-state index contributed by atoms with van der Waals surface area (Å²) in [6, 6.07) is 10.5. The van der Waals surface area contributed by atoms with Crippen LogP contribution in [0.5, 0.6) is 0 Å². The van der Waals surface area contributed by atoms with Crippen LogP contribution < -0.4 is 15.9 Å². The van der Waals surface area contributed by atoms with Gasteiger partial charge in [-0.25, -0.2) is 8.42 Å². The fourth-order valence-corrected chi connectivity index (χ4v) is 6.54. The second kappa shape index (κ2) is 12.5. The second-order valence-corrected chi connectivity index (χ2v) is 11.7. The predicted molar refractivity (Wildman–Crippen MR) is 144 cm³/mol. The number of hydrogen-bond acceptors (Lipinski definition) is 7. The van der Waals surface area contributed by atoms with E-state index in [4.69, 9.17) is 5.84 Å². The maximum atomic E-state index is 13.3. The number of piperidine rings is 1. The number of aliphatic hydroxyl groups is 1. The molecule has 2 amide bonds. The zero-order chi connectivity index (χ0) is 27.1. The van der Waals surface area contributed by atoms with E-state index in [9.17, 15) is 23.1 Å². The van der Waals surface area contributed by atoms with Crippen molar-refractivity contribution in [3.63, 3.8) is 0 Å². The number of carbonyl (C=O) groups is 2. The van der Waals surface area contributed by atoms with E-state index in [1.54, 1.807) is 23.4 Å². The van der Waals surface area contributed by atoms with Gasteiger partial charge in [0, 0.05) is 38.6 Å². The smallest absolute Gasteiger partial charge is 0.243 e. The lowest BCUT2D eigenvalue weighted by Crippen LogP contribution is -2.53. The minimum atomic E-state index is -4.05. The van der Waals surface area contributed by atoms with Crippen molar-refractivity contribution in [2.75, 3.05) is 32.8 Å². The van der Waals surface area contributed by atoms with Crippen LogP contribution in [-0.2, 0) is 19.6 Å². The topological polar surface area (TPSA) is 157 Å². The van der Waals surface area contributed by atoms with Crippen molar-refractivity contribution in [2.24, 2.45) is 16.9 Å². The first-order valence-electron chi connectivity index (χ1n) is 13.0. The van der Waals surface area contributed by atoms with Crippen molar-refractivity contribution in [1.82, 2.24) is 19.8 Å². The lowest BCUT2D eigenvalue weighted by molar-refractivity contribution is -0.135. The molecule has 2 aromatic carbocycles. The van der Waals surface area contributed by atoms with Crippen molar-refractivity contribution in [3.05, 3.63) is 42.5 Å². The van der Waals surface area contributed by atoms with Gasteiger partial charge in [-0.2, -0.15) is 9.82 Å². The number of rotatable bonds is 10. The molecular weight excluding hydrogens is 508 g/mol. The maximum absolute atomic E-state index is 13.3. The van der Waals surface area contributed by atoms with Gasteiger partial charge in [-0.1, -0.05) is 30.3 Å². The van der Waals surface area contributed by atoms with Crippen molar-refractivity contribution < 1.29 is 23.1 Å². The summed E-state index contributed by atoms with van der Waals surface area (Å²) >= 11 is 0. The Balaban J connectivity index is 1.34. The number of fused-ring (bicyclic) bond motifs is 1. The number of nitrogens with two attached hydrogens (primary N) is 1. The van der Waals surface area contributed by atoms with E-state index in [-0.39, 0.29) is 29.3 Å². The molecule has 38 heavy (non-hydrogen) atoms. The summed E-state index contributed by atoms with van der Waals surface area (Å²) in [6.07, 6.45) is 5.31. The third-order valence-corrected chi connectivity index (χ3v) is 8.73. The number of benzene rings is 2. The molecule has 0 aliphatic carbocycles. The predicted octanol–water partition coefficient (Wildman–Crippen LogP) is 0.590. The fraction of sp³-hybridized carbons (Fsp3) is 0.500. The number of nitrogens with zero attached hydrogens (tertiary/aromatic N) is 3. The number of likely N-dealkylation sites (tertiary alicyclic amines) is 2. The summed E-state index contributed by atoms with van der Waals surface area (Å²) in [7, 11) is -4.05. The van der Waals surface area contributed by atoms with Gasteiger partial charge < -0.3 is 26.1 Å². The van der Waals surface area contributed by atoms with Crippen LogP contribution in [0.3, 0.4) is 0 Å². The van der Waals surface area contributed by atoms with E-state index in [1.807, 2.05) is 29.2 Å². The van der Waals surface area contributed by atoms with Gasteiger partial charge >= 0.3 is 0 Å². The number of amides is 2. The van der Waals surface area contributed by atoms with Gasteiger partial charge in [-0.15, -0.1) is 0 Å². The average Bonchev–Trinajstić information content (AvgIpc) is 3.39. The van der Waals surface area contributed by atoms with Crippen LogP contribution in [0, 0.1) is 5.92 Å². The number of nitrogens with one attached hydrogen (secondary N) is 2. The molecule has 0 bridgehead atoms. The highest BCUT2D eigenvalue weighted by Crippen LogP contribution is 2.22. The lowest BCUT2D eigenvalue weighted by atomic mass is 9.95. The quantitative estimate of drug-likeness (QED) is 0.148. The van der Waals surface area contributed by atoms with E-state index >= 15 is 0 Å². The van der Waals surface area contributed by atoms with Crippen LogP contribution in [0.2, 0.25) is 0 Å². The normalized spacial score (nSPS) is 21.2. The molecule has 2 aliphatic heterocycles. The number of hydrazone groups is 1. The van der Waals surface area contributed by atoms with E-state index in [0.29, 0.717) is 19.4 Å². The first-order chi connectivity index (χ1) is 18.3. The van der Waals surface area contributed by atoms with Crippen LogP contribution in [0.15, 0.2) is 52.5 Å². The zero-order valence-corrected chi connectivity index (χ0v) is 22.1.